The van der Waals surface area contributed by atoms with Crippen molar-refractivity contribution >= 4 is 21.4 Å². The first-order chi connectivity index (χ1) is 7.23. The first-order valence-corrected chi connectivity index (χ1v) is 6.91. The molecule has 0 radical (unpaired) electrons. The number of nitrogens with zero attached hydrogens (tertiary/aromatic N) is 1. The molecule has 0 fully saturated rings. The average molecular weight is 242 g/mol. The van der Waals surface area contributed by atoms with Gasteiger partial charge in [0, 0.05) is 12.7 Å². The van der Waals surface area contributed by atoms with Crippen molar-refractivity contribution in [3.63, 3.8) is 0 Å². The molecule has 0 aliphatic rings. The monoisotopic (exact) mass is 242 g/mol. The number of rotatable bonds is 3. The minimum atomic E-state index is -3.23. The fourth-order valence-electron chi connectivity index (χ4n) is 1.50. The molecule has 0 heterocycles. The Kier molecular flexibility index (Phi) is 3.48. The van der Waals surface area contributed by atoms with Crippen molar-refractivity contribution in [2.24, 2.45) is 0 Å². The third-order valence-corrected chi connectivity index (χ3v) is 3.70. The Morgan fingerprint density at radius 2 is 1.88 bits per heavy atom. The third kappa shape index (κ3) is 2.66. The summed E-state index contributed by atoms with van der Waals surface area (Å²) >= 11 is 0. The minimum Gasteiger partial charge on any atom is -0.399 e. The van der Waals surface area contributed by atoms with Crippen LogP contribution in [0.1, 0.15) is 25.3 Å². The van der Waals surface area contributed by atoms with E-state index in [0.717, 1.165) is 5.56 Å². The molecule has 5 heteroatoms. The number of sulfonamides is 1. The van der Waals surface area contributed by atoms with Gasteiger partial charge in [0.2, 0.25) is 10.0 Å². The molecule has 0 aliphatic carbocycles. The maximum atomic E-state index is 11.5. The molecule has 0 aromatic heterocycles. The molecule has 0 bridgehead atoms. The van der Waals surface area contributed by atoms with Crippen LogP contribution in [0.2, 0.25) is 0 Å². The molecule has 0 saturated heterocycles. The summed E-state index contributed by atoms with van der Waals surface area (Å²) in [6.45, 7) is 4.02. The molecule has 2 N–H and O–H groups in total. The van der Waals surface area contributed by atoms with E-state index in [4.69, 9.17) is 5.73 Å². The first-order valence-electron chi connectivity index (χ1n) is 5.07. The molecule has 0 aliphatic heterocycles. The zero-order valence-electron chi connectivity index (χ0n) is 10.1. The van der Waals surface area contributed by atoms with E-state index in [9.17, 15) is 8.42 Å². The number of nitrogen functional groups attached to an aromatic ring is 1. The van der Waals surface area contributed by atoms with Gasteiger partial charge in [-0.2, -0.15) is 0 Å². The predicted octanol–water partition coefficient (Wildman–Crippen LogP) is 1.79. The van der Waals surface area contributed by atoms with E-state index in [1.54, 1.807) is 19.2 Å². The molecular formula is C11H18N2O2S. The molecule has 0 amide bonds. The minimum absolute atomic E-state index is 0.225. The van der Waals surface area contributed by atoms with Crippen LogP contribution in [0.3, 0.4) is 0 Å². The Morgan fingerprint density at radius 3 is 2.31 bits per heavy atom. The number of nitrogens with two attached hydrogens (primary N) is 1. The second-order valence-electron chi connectivity index (χ2n) is 4.20. The lowest BCUT2D eigenvalue weighted by Crippen LogP contribution is -2.26. The highest BCUT2D eigenvalue weighted by Gasteiger charge is 2.17. The fourth-order valence-corrected chi connectivity index (χ4v) is 2.02. The number of hydrogen-bond donors (Lipinski definition) is 1. The van der Waals surface area contributed by atoms with Crippen molar-refractivity contribution in [2.75, 3.05) is 23.3 Å². The van der Waals surface area contributed by atoms with E-state index in [-0.39, 0.29) is 5.92 Å². The molecule has 0 unspecified atom stereocenters. The summed E-state index contributed by atoms with van der Waals surface area (Å²) in [6, 6.07) is 5.27. The zero-order chi connectivity index (χ0) is 12.5. The Morgan fingerprint density at radius 1 is 1.31 bits per heavy atom. The van der Waals surface area contributed by atoms with Gasteiger partial charge in [-0.3, -0.25) is 4.31 Å². The summed E-state index contributed by atoms with van der Waals surface area (Å²) in [5, 5.41) is 0. The summed E-state index contributed by atoms with van der Waals surface area (Å²) in [6.07, 6.45) is 1.19. The standard InChI is InChI=1S/C11H18N2O2S/c1-8(2)10-7-9(12)5-6-11(10)13(3)16(4,14)15/h5-8H,12H2,1-4H3. The molecular weight excluding hydrogens is 224 g/mol. The van der Waals surface area contributed by atoms with Gasteiger partial charge >= 0.3 is 0 Å². The molecule has 0 saturated carbocycles. The van der Waals surface area contributed by atoms with Crippen LogP contribution in [0.25, 0.3) is 0 Å². The highest BCUT2D eigenvalue weighted by molar-refractivity contribution is 7.92. The van der Waals surface area contributed by atoms with Gasteiger partial charge in [0.1, 0.15) is 0 Å². The lowest BCUT2D eigenvalue weighted by atomic mass is 10.0. The lowest BCUT2D eigenvalue weighted by Gasteiger charge is -2.22. The molecule has 0 atom stereocenters. The van der Waals surface area contributed by atoms with Crippen molar-refractivity contribution < 1.29 is 8.42 Å². The van der Waals surface area contributed by atoms with Crippen molar-refractivity contribution in [1.29, 1.82) is 0 Å². The second kappa shape index (κ2) is 4.33. The molecule has 1 aromatic rings. The van der Waals surface area contributed by atoms with E-state index >= 15 is 0 Å². The Balaban J connectivity index is 3.34. The van der Waals surface area contributed by atoms with Gasteiger partial charge in [-0.25, -0.2) is 8.42 Å². The van der Waals surface area contributed by atoms with Crippen LogP contribution in [0.15, 0.2) is 18.2 Å². The van der Waals surface area contributed by atoms with Crippen LogP contribution in [0.5, 0.6) is 0 Å². The summed E-state index contributed by atoms with van der Waals surface area (Å²) in [5.74, 6) is 0.225. The van der Waals surface area contributed by atoms with Gasteiger partial charge in [-0.15, -0.1) is 0 Å². The van der Waals surface area contributed by atoms with E-state index in [2.05, 4.69) is 0 Å². The highest BCUT2D eigenvalue weighted by atomic mass is 32.2. The largest absolute Gasteiger partial charge is 0.399 e. The van der Waals surface area contributed by atoms with E-state index < -0.39 is 10.0 Å². The van der Waals surface area contributed by atoms with Crippen LogP contribution in [-0.4, -0.2) is 21.7 Å². The van der Waals surface area contributed by atoms with Gasteiger partial charge in [0.15, 0.2) is 0 Å². The quantitative estimate of drug-likeness (QED) is 0.822. The number of anilines is 2. The zero-order valence-corrected chi connectivity index (χ0v) is 10.9. The molecule has 1 aromatic carbocycles. The second-order valence-corrected chi connectivity index (χ2v) is 6.22. The Labute approximate surface area is 97.1 Å². The van der Waals surface area contributed by atoms with Gasteiger partial charge in [-0.05, 0) is 29.7 Å². The fraction of sp³-hybridized carbons (Fsp3) is 0.455. The lowest BCUT2D eigenvalue weighted by molar-refractivity contribution is 0.600. The first kappa shape index (κ1) is 12.8. The number of hydrogen-bond acceptors (Lipinski definition) is 3. The van der Waals surface area contributed by atoms with Gasteiger partial charge in [-0.1, -0.05) is 13.8 Å². The molecule has 16 heavy (non-hydrogen) atoms. The third-order valence-electron chi connectivity index (χ3n) is 2.51. The van der Waals surface area contributed by atoms with E-state index in [1.165, 1.54) is 10.6 Å². The Bertz CT molecular complexity index is 481. The normalized spacial score (nSPS) is 11.8. The van der Waals surface area contributed by atoms with Crippen LogP contribution in [0.4, 0.5) is 11.4 Å². The van der Waals surface area contributed by atoms with Crippen LogP contribution >= 0.6 is 0 Å². The van der Waals surface area contributed by atoms with Crippen LogP contribution in [-0.2, 0) is 10.0 Å². The Hall–Kier alpha value is -1.23. The maximum absolute atomic E-state index is 11.5. The molecule has 90 valence electrons. The van der Waals surface area contributed by atoms with Gasteiger partial charge in [0.25, 0.3) is 0 Å². The maximum Gasteiger partial charge on any atom is 0.232 e. The molecule has 1 rings (SSSR count). The molecule has 4 nitrogen and oxygen atoms in total. The summed E-state index contributed by atoms with van der Waals surface area (Å²) in [7, 11) is -1.68. The predicted molar refractivity (Wildman–Crippen MR) is 68.2 cm³/mol. The topological polar surface area (TPSA) is 63.4 Å². The average Bonchev–Trinajstić information content (AvgIpc) is 2.15. The summed E-state index contributed by atoms with van der Waals surface area (Å²) in [4.78, 5) is 0. The summed E-state index contributed by atoms with van der Waals surface area (Å²) < 4.78 is 24.3. The number of benzene rings is 1. The van der Waals surface area contributed by atoms with Crippen LogP contribution in [0, 0.1) is 0 Å². The summed E-state index contributed by atoms with van der Waals surface area (Å²) in [5.41, 5.74) is 7.98. The SMILES string of the molecule is CC(C)c1cc(N)ccc1N(C)S(C)(=O)=O. The molecule has 0 spiro atoms. The van der Waals surface area contributed by atoms with Gasteiger partial charge in [0.05, 0.1) is 11.9 Å². The van der Waals surface area contributed by atoms with E-state index in [1.807, 2.05) is 19.9 Å². The van der Waals surface area contributed by atoms with Gasteiger partial charge < -0.3 is 5.73 Å². The van der Waals surface area contributed by atoms with Crippen molar-refractivity contribution in [1.82, 2.24) is 0 Å². The van der Waals surface area contributed by atoms with Crippen LogP contribution < -0.4 is 10.0 Å². The van der Waals surface area contributed by atoms with Crippen molar-refractivity contribution in [3.05, 3.63) is 23.8 Å². The van der Waals surface area contributed by atoms with Crippen molar-refractivity contribution in [2.45, 2.75) is 19.8 Å². The van der Waals surface area contributed by atoms with E-state index in [0.29, 0.717) is 11.4 Å². The smallest absolute Gasteiger partial charge is 0.232 e. The van der Waals surface area contributed by atoms with Crippen molar-refractivity contribution in [3.8, 4) is 0 Å². The highest BCUT2D eigenvalue weighted by Crippen LogP contribution is 2.29.